The Morgan fingerprint density at radius 1 is 1.23 bits per heavy atom. The van der Waals surface area contributed by atoms with Crippen LogP contribution in [0.5, 0.6) is 0 Å². The van der Waals surface area contributed by atoms with E-state index in [-0.39, 0.29) is 6.42 Å². The first-order valence-electron chi connectivity index (χ1n) is 6.72. The quantitative estimate of drug-likeness (QED) is 0.733. The third kappa shape index (κ3) is 5.12. The molecule has 0 heterocycles. The molecule has 22 heavy (non-hydrogen) atoms. The predicted molar refractivity (Wildman–Crippen MR) is 81.4 cm³/mol. The van der Waals surface area contributed by atoms with E-state index in [4.69, 9.17) is 4.55 Å². The number of carbonyl (C=O) groups excluding carboxylic acids is 1. The van der Waals surface area contributed by atoms with Gasteiger partial charge in [0.05, 0.1) is 5.75 Å². The van der Waals surface area contributed by atoms with Gasteiger partial charge < -0.3 is 5.11 Å². The fraction of sp³-hybridized carbons (Fsp3) is 0.429. The molecule has 1 aromatic carbocycles. The number of aryl methyl sites for hydroxylation is 1. The van der Waals surface area contributed by atoms with Crippen LogP contribution in [0.4, 0.5) is 5.69 Å². The molecule has 1 amide bonds. The number of benzene rings is 1. The summed E-state index contributed by atoms with van der Waals surface area (Å²) in [4.78, 5) is 24.6. The number of rotatable bonds is 7. The number of carbonyl (C=O) groups is 2. The number of nitrogens with zero attached hydrogens (tertiary/aromatic N) is 1. The topological polar surface area (TPSA) is 112 Å². The van der Waals surface area contributed by atoms with Crippen molar-refractivity contribution < 1.29 is 27.7 Å². The molecule has 8 heteroatoms. The van der Waals surface area contributed by atoms with Gasteiger partial charge >= 0.3 is 5.97 Å². The van der Waals surface area contributed by atoms with Gasteiger partial charge in [0.2, 0.25) is 5.91 Å². The smallest absolute Gasteiger partial charge is 0.326 e. The van der Waals surface area contributed by atoms with Crippen molar-refractivity contribution in [3.8, 4) is 0 Å². The van der Waals surface area contributed by atoms with Gasteiger partial charge in [0, 0.05) is 12.1 Å². The number of aliphatic carboxylic acids is 1. The first-order chi connectivity index (χ1) is 10.2. The Hall–Kier alpha value is -1.93. The van der Waals surface area contributed by atoms with Gasteiger partial charge in [-0.1, -0.05) is 24.6 Å². The molecule has 0 aliphatic rings. The number of carboxylic acid groups (broad SMARTS) is 1. The van der Waals surface area contributed by atoms with Crippen LogP contribution in [0.2, 0.25) is 0 Å². The van der Waals surface area contributed by atoms with E-state index in [1.165, 1.54) is 0 Å². The third-order valence-electron chi connectivity index (χ3n) is 3.13. The molecule has 7 nitrogen and oxygen atoms in total. The van der Waals surface area contributed by atoms with Crippen LogP contribution < -0.4 is 4.90 Å². The van der Waals surface area contributed by atoms with Crippen molar-refractivity contribution in [1.29, 1.82) is 0 Å². The molecule has 0 spiro atoms. The minimum Gasteiger partial charge on any atom is -0.480 e. The molecule has 1 aromatic rings. The summed E-state index contributed by atoms with van der Waals surface area (Å²) in [5.74, 6) is -2.50. The number of hydrogen-bond acceptors (Lipinski definition) is 4. The SMILES string of the molecule is CCC(=O)N(c1ccc(C)cc1)[C@@H](CCS(=O)(=O)O)C(=O)O. The highest BCUT2D eigenvalue weighted by Gasteiger charge is 2.31. The lowest BCUT2D eigenvalue weighted by atomic mass is 10.1. The number of amides is 1. The molecule has 1 rings (SSSR count). The molecule has 122 valence electrons. The molecule has 0 radical (unpaired) electrons. The summed E-state index contributed by atoms with van der Waals surface area (Å²) in [5, 5.41) is 9.33. The second kappa shape index (κ2) is 7.37. The van der Waals surface area contributed by atoms with E-state index >= 15 is 0 Å². The fourth-order valence-corrected chi connectivity index (χ4v) is 2.52. The summed E-state index contributed by atoms with van der Waals surface area (Å²) in [5.41, 5.74) is 1.32. The van der Waals surface area contributed by atoms with Crippen molar-refractivity contribution in [1.82, 2.24) is 0 Å². The molecule has 0 fully saturated rings. The highest BCUT2D eigenvalue weighted by atomic mass is 32.2. The molecule has 1 atom stereocenters. The van der Waals surface area contributed by atoms with Gasteiger partial charge in [-0.05, 0) is 25.5 Å². The van der Waals surface area contributed by atoms with Crippen LogP contribution >= 0.6 is 0 Å². The molecular weight excluding hydrogens is 310 g/mol. The Bertz CT molecular complexity index is 638. The van der Waals surface area contributed by atoms with Gasteiger partial charge in [-0.15, -0.1) is 0 Å². The molecule has 0 bridgehead atoms. The third-order valence-corrected chi connectivity index (χ3v) is 3.88. The lowest BCUT2D eigenvalue weighted by Crippen LogP contribution is -2.46. The summed E-state index contributed by atoms with van der Waals surface area (Å²) in [6, 6.07) is 5.30. The van der Waals surface area contributed by atoms with Crippen molar-refractivity contribution in [2.24, 2.45) is 0 Å². The van der Waals surface area contributed by atoms with Gasteiger partial charge in [0.25, 0.3) is 10.1 Å². The predicted octanol–water partition coefficient (Wildman–Crippen LogP) is 1.47. The van der Waals surface area contributed by atoms with Crippen molar-refractivity contribution in [3.05, 3.63) is 29.8 Å². The second-order valence-corrected chi connectivity index (χ2v) is 6.45. The van der Waals surface area contributed by atoms with Gasteiger partial charge in [-0.3, -0.25) is 14.2 Å². The Labute approximate surface area is 129 Å². The molecule has 0 saturated heterocycles. The molecule has 0 aliphatic carbocycles. The molecule has 0 aliphatic heterocycles. The largest absolute Gasteiger partial charge is 0.480 e. The molecular formula is C14H19NO6S. The molecule has 0 aromatic heterocycles. The van der Waals surface area contributed by atoms with E-state index in [2.05, 4.69) is 0 Å². The van der Waals surface area contributed by atoms with Crippen LogP contribution in [0, 0.1) is 6.92 Å². The van der Waals surface area contributed by atoms with Crippen LogP contribution in [-0.4, -0.2) is 41.7 Å². The fourth-order valence-electron chi connectivity index (χ4n) is 2.00. The summed E-state index contributed by atoms with van der Waals surface area (Å²) < 4.78 is 30.5. The van der Waals surface area contributed by atoms with E-state index in [1.54, 1.807) is 31.2 Å². The standard InChI is InChI=1S/C14H19NO6S/c1-3-13(16)15(11-6-4-10(2)5-7-11)12(14(17)18)8-9-22(19,20)21/h4-7,12H,3,8-9H2,1-2H3,(H,17,18)(H,19,20,21)/t12-/m0/s1. The van der Waals surface area contributed by atoms with E-state index in [0.717, 1.165) is 10.5 Å². The summed E-state index contributed by atoms with van der Waals surface area (Å²) in [6.45, 7) is 3.44. The van der Waals surface area contributed by atoms with Gasteiger partial charge in [-0.25, -0.2) is 4.79 Å². The average Bonchev–Trinajstić information content (AvgIpc) is 2.42. The number of carboxylic acids is 1. The monoisotopic (exact) mass is 329 g/mol. The maximum absolute atomic E-state index is 12.1. The van der Waals surface area contributed by atoms with Crippen molar-refractivity contribution >= 4 is 27.7 Å². The summed E-state index contributed by atoms with van der Waals surface area (Å²) >= 11 is 0. The number of anilines is 1. The average molecular weight is 329 g/mol. The normalized spacial score (nSPS) is 12.7. The highest BCUT2D eigenvalue weighted by molar-refractivity contribution is 7.85. The maximum atomic E-state index is 12.1. The first kappa shape index (κ1) is 18.1. The van der Waals surface area contributed by atoms with Gasteiger partial charge in [0.15, 0.2) is 0 Å². The van der Waals surface area contributed by atoms with Crippen molar-refractivity contribution in [2.45, 2.75) is 32.7 Å². The zero-order valence-electron chi connectivity index (χ0n) is 12.4. The Balaban J connectivity index is 3.18. The second-order valence-electron chi connectivity index (χ2n) is 4.88. The zero-order chi connectivity index (χ0) is 16.9. The van der Waals surface area contributed by atoms with Crippen LogP contribution in [0.15, 0.2) is 24.3 Å². The van der Waals surface area contributed by atoms with E-state index in [9.17, 15) is 23.1 Å². The molecule has 2 N–H and O–H groups in total. The lowest BCUT2D eigenvalue weighted by molar-refractivity contribution is -0.140. The van der Waals surface area contributed by atoms with Crippen molar-refractivity contribution in [2.75, 3.05) is 10.7 Å². The van der Waals surface area contributed by atoms with Gasteiger partial charge in [-0.2, -0.15) is 8.42 Å². The minimum atomic E-state index is -4.31. The molecule has 0 saturated carbocycles. The van der Waals surface area contributed by atoms with Crippen LogP contribution in [-0.2, 0) is 19.7 Å². The Morgan fingerprint density at radius 3 is 2.18 bits per heavy atom. The minimum absolute atomic E-state index is 0.0729. The first-order valence-corrected chi connectivity index (χ1v) is 8.33. The Kier molecular flexibility index (Phi) is 6.07. The van der Waals surface area contributed by atoms with E-state index in [1.807, 2.05) is 6.92 Å². The summed E-state index contributed by atoms with van der Waals surface area (Å²) in [7, 11) is -4.31. The number of hydrogen-bond donors (Lipinski definition) is 2. The van der Waals surface area contributed by atoms with E-state index < -0.39 is 40.2 Å². The zero-order valence-corrected chi connectivity index (χ0v) is 13.2. The summed E-state index contributed by atoms with van der Waals surface area (Å²) in [6.07, 6.45) is -0.322. The van der Waals surface area contributed by atoms with Crippen molar-refractivity contribution in [3.63, 3.8) is 0 Å². The van der Waals surface area contributed by atoms with Crippen LogP contribution in [0.1, 0.15) is 25.3 Å². The van der Waals surface area contributed by atoms with E-state index in [0.29, 0.717) is 5.69 Å². The van der Waals surface area contributed by atoms with Crippen LogP contribution in [0.25, 0.3) is 0 Å². The highest BCUT2D eigenvalue weighted by Crippen LogP contribution is 2.21. The van der Waals surface area contributed by atoms with Gasteiger partial charge in [0.1, 0.15) is 6.04 Å². The molecule has 0 unspecified atom stereocenters. The Morgan fingerprint density at radius 2 is 1.77 bits per heavy atom. The lowest BCUT2D eigenvalue weighted by Gasteiger charge is -2.28. The van der Waals surface area contributed by atoms with Crippen LogP contribution in [0.3, 0.4) is 0 Å². The maximum Gasteiger partial charge on any atom is 0.326 e.